The Morgan fingerprint density at radius 2 is 1.35 bits per heavy atom. The first-order valence-electron chi connectivity index (χ1n) is 5.19. The van der Waals surface area contributed by atoms with E-state index in [4.69, 9.17) is 0 Å². The van der Waals surface area contributed by atoms with E-state index in [1.165, 1.54) is 0 Å². The third-order valence-electron chi connectivity index (χ3n) is 2.29. The van der Waals surface area contributed by atoms with Crippen LogP contribution in [0.3, 0.4) is 0 Å². The largest absolute Gasteiger partial charge is 0.289 e. The molecule has 0 heterocycles. The molecule has 0 spiro atoms. The summed E-state index contributed by atoms with van der Waals surface area (Å²) in [5.41, 5.74) is 1.75. The molecule has 0 atom stereocenters. The fourth-order valence-electron chi connectivity index (χ4n) is 1.43. The van der Waals surface area contributed by atoms with Gasteiger partial charge in [-0.1, -0.05) is 66.7 Å². The van der Waals surface area contributed by atoms with E-state index in [1.54, 1.807) is 6.08 Å². The van der Waals surface area contributed by atoms with Gasteiger partial charge in [-0.2, -0.15) is 0 Å². The third-order valence-corrected chi connectivity index (χ3v) is 2.29. The Bertz CT molecular complexity index is 489. The van der Waals surface area contributed by atoms with Gasteiger partial charge in [0.25, 0.3) is 0 Å². The van der Waals surface area contributed by atoms with Gasteiger partial charge in [0.15, 0.2) is 5.78 Å². The van der Waals surface area contributed by atoms with Crippen LogP contribution in [0, 0.1) is 0 Å². The molecular weight excluding hydrogens is 203 g/mol. The predicted octanol–water partition coefficient (Wildman–Crippen LogP) is 3.20. The van der Waals surface area contributed by atoms with E-state index >= 15 is 0 Å². The summed E-state index contributed by atoms with van der Waals surface area (Å²) in [4.78, 5) is 11.7. The summed E-state index contributed by atoms with van der Waals surface area (Å²) >= 11 is 0. The number of allylic oxidation sites excluding steroid dienone is 1. The van der Waals surface area contributed by atoms with Crippen molar-refractivity contribution in [1.29, 1.82) is 0 Å². The minimum absolute atomic E-state index is 0. The Hall–Kier alpha value is -1.55. The van der Waals surface area contributed by atoms with Gasteiger partial charge >= 0.3 is 0 Å². The standard InChI is InChI=1S/C15H12O.Li/c16-15(14-9-5-2-6-10-14)12-11-13-7-3-1-4-8-13;/h1-12H;/b12-11+;. The van der Waals surface area contributed by atoms with Crippen LogP contribution in [0.2, 0.25) is 0 Å². The van der Waals surface area contributed by atoms with Crippen molar-refractivity contribution in [2.24, 2.45) is 0 Å². The quantitative estimate of drug-likeness (QED) is 0.436. The molecule has 1 radical (unpaired) electrons. The molecule has 0 N–H and O–H groups in total. The summed E-state index contributed by atoms with van der Waals surface area (Å²) in [5, 5.41) is 0. The average molecular weight is 215 g/mol. The summed E-state index contributed by atoms with van der Waals surface area (Å²) in [7, 11) is 0. The van der Waals surface area contributed by atoms with Crippen LogP contribution in [0.15, 0.2) is 66.7 Å². The zero-order valence-electron chi connectivity index (χ0n) is 9.84. The monoisotopic (exact) mass is 215 g/mol. The van der Waals surface area contributed by atoms with E-state index < -0.39 is 0 Å². The van der Waals surface area contributed by atoms with E-state index in [0.29, 0.717) is 0 Å². The van der Waals surface area contributed by atoms with Gasteiger partial charge in [-0.05, 0) is 11.6 Å². The van der Waals surface area contributed by atoms with Gasteiger partial charge < -0.3 is 0 Å². The second-order valence-corrected chi connectivity index (χ2v) is 3.47. The Kier molecular flexibility index (Phi) is 5.49. The van der Waals surface area contributed by atoms with Gasteiger partial charge in [-0.15, -0.1) is 0 Å². The molecule has 2 aromatic carbocycles. The molecule has 0 amide bonds. The number of ketones is 1. The number of carbonyl (C=O) groups is 1. The second-order valence-electron chi connectivity index (χ2n) is 3.47. The van der Waals surface area contributed by atoms with E-state index in [0.717, 1.165) is 11.1 Å². The number of rotatable bonds is 3. The fraction of sp³-hybridized carbons (Fsp3) is 0. The first-order chi connectivity index (χ1) is 7.86. The van der Waals surface area contributed by atoms with Crippen LogP contribution < -0.4 is 0 Å². The molecule has 17 heavy (non-hydrogen) atoms. The number of benzene rings is 2. The number of hydrogen-bond acceptors (Lipinski definition) is 1. The molecule has 0 aliphatic carbocycles. The Morgan fingerprint density at radius 3 is 1.94 bits per heavy atom. The molecule has 0 aliphatic rings. The molecule has 2 aromatic rings. The molecule has 0 unspecified atom stereocenters. The van der Waals surface area contributed by atoms with Crippen LogP contribution in [-0.4, -0.2) is 24.6 Å². The van der Waals surface area contributed by atoms with Crippen molar-refractivity contribution in [3.05, 3.63) is 77.9 Å². The Morgan fingerprint density at radius 1 is 0.824 bits per heavy atom. The van der Waals surface area contributed by atoms with Crippen LogP contribution in [0.1, 0.15) is 15.9 Å². The van der Waals surface area contributed by atoms with Crippen molar-refractivity contribution in [1.82, 2.24) is 0 Å². The maximum absolute atomic E-state index is 11.7. The van der Waals surface area contributed by atoms with Crippen molar-refractivity contribution in [2.45, 2.75) is 0 Å². The molecule has 79 valence electrons. The zero-order chi connectivity index (χ0) is 11.2. The summed E-state index contributed by atoms with van der Waals surface area (Å²) in [6.45, 7) is 0. The molecule has 0 saturated heterocycles. The van der Waals surface area contributed by atoms with Crippen LogP contribution >= 0.6 is 0 Å². The van der Waals surface area contributed by atoms with Gasteiger partial charge in [-0.25, -0.2) is 0 Å². The molecule has 2 rings (SSSR count). The summed E-state index contributed by atoms with van der Waals surface area (Å²) < 4.78 is 0. The smallest absolute Gasteiger partial charge is 0.185 e. The van der Waals surface area contributed by atoms with Crippen molar-refractivity contribution in [3.63, 3.8) is 0 Å². The predicted molar refractivity (Wildman–Crippen MR) is 72.0 cm³/mol. The minimum Gasteiger partial charge on any atom is -0.289 e. The van der Waals surface area contributed by atoms with E-state index in [9.17, 15) is 4.79 Å². The minimum atomic E-state index is 0. The molecular formula is C15H12LiO. The van der Waals surface area contributed by atoms with Crippen LogP contribution in [0.4, 0.5) is 0 Å². The average Bonchev–Trinajstić information content (AvgIpc) is 2.38. The van der Waals surface area contributed by atoms with E-state index in [1.807, 2.05) is 66.7 Å². The molecule has 2 heteroatoms. The summed E-state index contributed by atoms with van der Waals surface area (Å²) in [6, 6.07) is 19.1. The van der Waals surface area contributed by atoms with Crippen LogP contribution in [0.5, 0.6) is 0 Å². The first-order valence-corrected chi connectivity index (χ1v) is 5.19. The van der Waals surface area contributed by atoms with Crippen LogP contribution in [-0.2, 0) is 0 Å². The number of hydrogen-bond donors (Lipinski definition) is 0. The van der Waals surface area contributed by atoms with Crippen molar-refractivity contribution in [3.8, 4) is 0 Å². The van der Waals surface area contributed by atoms with E-state index in [2.05, 4.69) is 0 Å². The zero-order valence-corrected chi connectivity index (χ0v) is 9.84. The maximum atomic E-state index is 11.7. The third kappa shape index (κ3) is 4.07. The van der Waals surface area contributed by atoms with Gasteiger partial charge in [-0.3, -0.25) is 4.79 Å². The SMILES string of the molecule is O=C(/C=C/c1ccccc1)c1ccccc1.[Li]. The van der Waals surface area contributed by atoms with E-state index in [-0.39, 0.29) is 24.6 Å². The topological polar surface area (TPSA) is 17.1 Å². The van der Waals surface area contributed by atoms with Gasteiger partial charge in [0.2, 0.25) is 0 Å². The molecule has 1 nitrogen and oxygen atoms in total. The van der Waals surface area contributed by atoms with Crippen LogP contribution in [0.25, 0.3) is 6.08 Å². The van der Waals surface area contributed by atoms with Gasteiger partial charge in [0, 0.05) is 24.4 Å². The Labute approximate surface area is 113 Å². The molecule has 0 bridgehead atoms. The van der Waals surface area contributed by atoms with Gasteiger partial charge in [0.1, 0.15) is 0 Å². The second kappa shape index (κ2) is 6.91. The fourth-order valence-corrected chi connectivity index (χ4v) is 1.43. The molecule has 0 aromatic heterocycles. The normalized spacial score (nSPS) is 9.88. The maximum Gasteiger partial charge on any atom is 0.185 e. The molecule has 0 aliphatic heterocycles. The number of carbonyl (C=O) groups excluding carboxylic acids is 1. The first kappa shape index (κ1) is 13.5. The van der Waals surface area contributed by atoms with Crippen molar-refractivity contribution in [2.75, 3.05) is 0 Å². The summed E-state index contributed by atoms with van der Waals surface area (Å²) in [6.07, 6.45) is 3.43. The van der Waals surface area contributed by atoms with Crippen molar-refractivity contribution >= 4 is 30.7 Å². The molecule has 0 saturated carbocycles. The molecule has 0 fully saturated rings. The summed E-state index contributed by atoms with van der Waals surface area (Å²) in [5.74, 6) is 0.0319. The Balaban J connectivity index is 0.00000144. The van der Waals surface area contributed by atoms with Gasteiger partial charge in [0.05, 0.1) is 0 Å². The van der Waals surface area contributed by atoms with Crippen molar-refractivity contribution < 1.29 is 4.79 Å².